The van der Waals surface area contributed by atoms with Gasteiger partial charge in [-0.3, -0.25) is 9.59 Å². The maximum absolute atomic E-state index is 12.1. The fourth-order valence-electron chi connectivity index (χ4n) is 3.18. The summed E-state index contributed by atoms with van der Waals surface area (Å²) in [4.78, 5) is 33.9. The molecule has 2 saturated heterocycles. The zero-order valence-electron chi connectivity index (χ0n) is 16.8. The van der Waals surface area contributed by atoms with Crippen molar-refractivity contribution in [3.63, 3.8) is 0 Å². The molecule has 2 aromatic rings. The molecule has 3 heterocycles. The highest BCUT2D eigenvalue weighted by Gasteiger charge is 2.42. The van der Waals surface area contributed by atoms with Crippen LogP contribution in [0.2, 0.25) is 0 Å². The van der Waals surface area contributed by atoms with Gasteiger partial charge in [-0.25, -0.2) is 4.98 Å². The molecule has 0 saturated carbocycles. The number of aromatic nitrogens is 2. The van der Waals surface area contributed by atoms with Gasteiger partial charge in [0.25, 0.3) is 11.8 Å². The van der Waals surface area contributed by atoms with E-state index in [0.29, 0.717) is 30.9 Å². The second-order valence-corrected chi connectivity index (χ2v) is 7.42. The number of aliphatic hydroxyl groups is 1. The second kappa shape index (κ2) is 7.86. The summed E-state index contributed by atoms with van der Waals surface area (Å²) in [7, 11) is 1.62. The number of ether oxygens (including phenoxy) is 2. The van der Waals surface area contributed by atoms with Crippen LogP contribution in [0.5, 0.6) is 5.88 Å². The third-order valence-corrected chi connectivity index (χ3v) is 5.07. The molecule has 31 heavy (non-hydrogen) atoms. The number of nitrogens with zero attached hydrogens (tertiary/aromatic N) is 3. The first kappa shape index (κ1) is 20.6. The second-order valence-electron chi connectivity index (χ2n) is 7.42. The highest BCUT2D eigenvalue weighted by atomic mass is 16.6. The Labute approximate surface area is 178 Å². The molecule has 0 spiro atoms. The zero-order chi connectivity index (χ0) is 22.2. The zero-order valence-corrected chi connectivity index (χ0v) is 16.8. The van der Waals surface area contributed by atoms with Crippen molar-refractivity contribution in [1.82, 2.24) is 14.9 Å². The van der Waals surface area contributed by atoms with Crippen LogP contribution in [0.3, 0.4) is 0 Å². The Morgan fingerprint density at radius 2 is 2.16 bits per heavy atom. The van der Waals surface area contributed by atoms with Gasteiger partial charge >= 0.3 is 0 Å². The number of likely N-dealkylation sites (tertiary alicyclic amines) is 1. The molecule has 4 rings (SSSR count). The summed E-state index contributed by atoms with van der Waals surface area (Å²) in [5.74, 6) is 4.50. The third kappa shape index (κ3) is 4.01. The number of nitrogens with two attached hydrogens (primary N) is 2. The number of likely N-dealkylation sites (N-methyl/N-ethyl adjacent to an activating group) is 1. The minimum absolute atomic E-state index is 0.0369. The van der Waals surface area contributed by atoms with Crippen molar-refractivity contribution in [1.29, 1.82) is 0 Å². The molecule has 1 unspecified atom stereocenters. The van der Waals surface area contributed by atoms with Crippen LogP contribution < -0.4 is 16.2 Å². The predicted octanol–water partition coefficient (Wildman–Crippen LogP) is -0.453. The van der Waals surface area contributed by atoms with Crippen molar-refractivity contribution in [2.45, 2.75) is 18.1 Å². The first-order valence-corrected chi connectivity index (χ1v) is 9.60. The minimum Gasteiger partial charge on any atom is -0.468 e. The molecule has 10 heteroatoms. The molecule has 160 valence electrons. The van der Waals surface area contributed by atoms with Gasteiger partial charge in [-0.15, -0.1) is 0 Å². The largest absolute Gasteiger partial charge is 0.468 e. The highest BCUT2D eigenvalue weighted by molar-refractivity contribution is 5.97. The van der Waals surface area contributed by atoms with Crippen LogP contribution in [0.25, 0.3) is 11.4 Å². The first-order valence-electron chi connectivity index (χ1n) is 9.60. The van der Waals surface area contributed by atoms with E-state index in [2.05, 4.69) is 21.8 Å². The Hall–Kier alpha value is -3.68. The summed E-state index contributed by atoms with van der Waals surface area (Å²) in [6.45, 7) is 1.23. The summed E-state index contributed by atoms with van der Waals surface area (Å²) < 4.78 is 10.8. The van der Waals surface area contributed by atoms with Gasteiger partial charge in [0.2, 0.25) is 11.5 Å². The maximum atomic E-state index is 12.1. The minimum atomic E-state index is -1.70. The van der Waals surface area contributed by atoms with Gasteiger partial charge in [-0.05, 0) is 12.1 Å². The number of hydrogen-bond donors (Lipinski definition) is 3. The first-order chi connectivity index (χ1) is 14.8. The lowest BCUT2D eigenvalue weighted by Gasteiger charge is -2.26. The number of hydrogen-bond acceptors (Lipinski definition) is 8. The number of carbonyl (C=O) groups is 2. The number of benzene rings is 1. The number of rotatable bonds is 4. The van der Waals surface area contributed by atoms with E-state index in [1.165, 1.54) is 4.90 Å². The van der Waals surface area contributed by atoms with Gasteiger partial charge in [0, 0.05) is 31.1 Å². The van der Waals surface area contributed by atoms with Crippen molar-refractivity contribution in [3.05, 3.63) is 35.5 Å². The van der Waals surface area contributed by atoms with E-state index in [9.17, 15) is 14.7 Å². The summed E-state index contributed by atoms with van der Waals surface area (Å²) in [6, 6.07) is 6.83. The monoisotopic (exact) mass is 423 g/mol. The van der Waals surface area contributed by atoms with Crippen molar-refractivity contribution >= 4 is 17.5 Å². The van der Waals surface area contributed by atoms with Gasteiger partial charge in [-0.2, -0.15) is 4.98 Å². The smallest absolute Gasteiger partial charge is 0.269 e. The molecule has 2 fully saturated rings. The number of anilines is 1. The van der Waals surface area contributed by atoms with Crippen molar-refractivity contribution in [3.8, 4) is 29.1 Å². The molecule has 2 amide bonds. The van der Waals surface area contributed by atoms with Gasteiger partial charge in [0.1, 0.15) is 11.8 Å². The number of nitrogen functional groups attached to an aromatic ring is 1. The van der Waals surface area contributed by atoms with E-state index >= 15 is 0 Å². The van der Waals surface area contributed by atoms with E-state index in [0.717, 1.165) is 0 Å². The van der Waals surface area contributed by atoms with E-state index in [1.54, 1.807) is 31.3 Å². The van der Waals surface area contributed by atoms with Crippen LogP contribution >= 0.6 is 0 Å². The lowest BCUT2D eigenvalue weighted by molar-refractivity contribution is -0.137. The Bertz CT molecular complexity index is 1120. The standard InChI is InChI=1S/C21H21N5O5/c1-26-8-7-21(29,20(26)28)6-5-12-3-2-4-13(9-12)18-24-16(17(23)27)15(22)19(25-18)31-14-10-30-11-14/h2-4,9,14,29H,7-8,10-11,22H2,1H3,(H2,23,27). The van der Waals surface area contributed by atoms with Gasteiger partial charge in [0.05, 0.1) is 13.2 Å². The average Bonchev–Trinajstić information content (AvgIpc) is 2.98. The molecular weight excluding hydrogens is 402 g/mol. The summed E-state index contributed by atoms with van der Waals surface area (Å²) in [5.41, 5.74) is 10.6. The van der Waals surface area contributed by atoms with Gasteiger partial charge in [0.15, 0.2) is 11.5 Å². The number of primary amides is 1. The van der Waals surface area contributed by atoms with Crippen LogP contribution in [0, 0.1) is 11.8 Å². The normalized spacial score (nSPS) is 20.7. The molecule has 1 atom stereocenters. The number of amides is 2. The van der Waals surface area contributed by atoms with Gasteiger partial charge in [-0.1, -0.05) is 24.0 Å². The molecule has 2 aliphatic heterocycles. The Morgan fingerprint density at radius 1 is 1.39 bits per heavy atom. The summed E-state index contributed by atoms with van der Waals surface area (Å²) in [5, 5.41) is 10.5. The van der Waals surface area contributed by atoms with Crippen molar-refractivity contribution < 1.29 is 24.2 Å². The molecule has 1 aromatic carbocycles. The average molecular weight is 423 g/mol. The molecule has 10 nitrogen and oxygen atoms in total. The van der Waals surface area contributed by atoms with E-state index in [1.807, 2.05) is 0 Å². The Morgan fingerprint density at radius 3 is 2.77 bits per heavy atom. The molecule has 0 radical (unpaired) electrons. The fraction of sp³-hybridized carbons (Fsp3) is 0.333. The summed E-state index contributed by atoms with van der Waals surface area (Å²) >= 11 is 0. The number of carbonyl (C=O) groups excluding carboxylic acids is 2. The van der Waals surface area contributed by atoms with Crippen molar-refractivity contribution in [2.75, 3.05) is 32.5 Å². The lowest BCUT2D eigenvalue weighted by Crippen LogP contribution is -2.39. The molecular formula is C21H21N5O5. The van der Waals surface area contributed by atoms with Crippen LogP contribution in [-0.2, 0) is 9.53 Å². The molecule has 1 aromatic heterocycles. The summed E-state index contributed by atoms with van der Waals surface area (Å²) in [6.07, 6.45) is 0.0229. The topological polar surface area (TPSA) is 154 Å². The van der Waals surface area contributed by atoms with E-state index < -0.39 is 17.4 Å². The van der Waals surface area contributed by atoms with Crippen molar-refractivity contribution in [2.24, 2.45) is 5.73 Å². The molecule has 2 aliphatic rings. The van der Waals surface area contributed by atoms with E-state index in [-0.39, 0.29) is 35.6 Å². The molecule has 0 aliphatic carbocycles. The quantitative estimate of drug-likeness (QED) is 0.559. The fourth-order valence-corrected chi connectivity index (χ4v) is 3.18. The lowest BCUT2D eigenvalue weighted by atomic mass is 10.0. The van der Waals surface area contributed by atoms with Crippen LogP contribution in [0.1, 0.15) is 22.5 Å². The third-order valence-electron chi connectivity index (χ3n) is 5.07. The van der Waals surface area contributed by atoms with Gasteiger partial charge < -0.3 is 30.9 Å². The highest BCUT2D eigenvalue weighted by Crippen LogP contribution is 2.28. The van der Waals surface area contributed by atoms with Crippen LogP contribution in [0.15, 0.2) is 24.3 Å². The molecule has 5 N–H and O–H groups in total. The van der Waals surface area contributed by atoms with Crippen LogP contribution in [0.4, 0.5) is 5.69 Å². The molecule has 0 bridgehead atoms. The Balaban J connectivity index is 1.68. The maximum Gasteiger partial charge on any atom is 0.269 e. The Kier molecular flexibility index (Phi) is 5.22. The van der Waals surface area contributed by atoms with E-state index in [4.69, 9.17) is 20.9 Å². The SMILES string of the molecule is CN1CCC(O)(C#Cc2cccc(-c3nc(OC4COC4)c(N)c(C(N)=O)n3)c2)C1=O. The van der Waals surface area contributed by atoms with Crippen LogP contribution in [-0.4, -0.2) is 70.3 Å². The predicted molar refractivity (Wildman–Crippen MR) is 110 cm³/mol.